The van der Waals surface area contributed by atoms with Gasteiger partial charge in [0, 0.05) is 58.0 Å². The molecular formula is C23H36N4O. The summed E-state index contributed by atoms with van der Waals surface area (Å²) < 4.78 is 0. The Hall–Kier alpha value is -1.75. The van der Waals surface area contributed by atoms with Gasteiger partial charge in [-0.2, -0.15) is 0 Å². The molecule has 0 aromatic heterocycles. The maximum absolute atomic E-state index is 12.4. The molecule has 5 nitrogen and oxygen atoms in total. The van der Waals surface area contributed by atoms with E-state index >= 15 is 0 Å². The van der Waals surface area contributed by atoms with Crippen molar-refractivity contribution in [3.05, 3.63) is 29.3 Å². The van der Waals surface area contributed by atoms with Crippen LogP contribution in [0.1, 0.15) is 49.7 Å². The minimum atomic E-state index is 0.153. The predicted molar refractivity (Wildman–Crippen MR) is 115 cm³/mol. The van der Waals surface area contributed by atoms with Crippen molar-refractivity contribution in [3.63, 3.8) is 0 Å². The van der Waals surface area contributed by atoms with Crippen molar-refractivity contribution in [3.8, 4) is 0 Å². The summed E-state index contributed by atoms with van der Waals surface area (Å²) in [6, 6.07) is 8.28. The summed E-state index contributed by atoms with van der Waals surface area (Å²) in [6.07, 6.45) is 9.73. The number of urea groups is 1. The molecular weight excluding hydrogens is 348 g/mol. The minimum absolute atomic E-state index is 0.153. The van der Waals surface area contributed by atoms with Gasteiger partial charge in [0.05, 0.1) is 0 Å². The number of likely N-dealkylation sites (tertiary alicyclic amines) is 1. The molecule has 1 atom stereocenters. The van der Waals surface area contributed by atoms with Gasteiger partial charge in [0.1, 0.15) is 0 Å². The number of hydrogen-bond donors (Lipinski definition) is 1. The minimum Gasteiger partial charge on any atom is -0.371 e. The zero-order valence-electron chi connectivity index (χ0n) is 17.6. The second-order valence-corrected chi connectivity index (χ2v) is 9.05. The van der Waals surface area contributed by atoms with Crippen molar-refractivity contribution in [2.75, 3.05) is 45.2 Å². The number of aryl methyl sites for hydroxylation is 2. The van der Waals surface area contributed by atoms with E-state index in [0.717, 1.165) is 32.6 Å². The summed E-state index contributed by atoms with van der Waals surface area (Å²) in [5.74, 6) is 0. The predicted octanol–water partition coefficient (Wildman–Crippen LogP) is 3.27. The van der Waals surface area contributed by atoms with E-state index in [1.165, 1.54) is 50.6 Å². The standard InChI is InChI=1S/C23H36N4O/c1-25(2)23(28)27-13-4-3-8-21(17-27)24-20-11-14-26(15-12-20)22-10-9-18-6-5-7-19(18)16-22/h9-10,16,20-21,24H,3-8,11-15,17H2,1-2H3/t21-/m0/s1. The van der Waals surface area contributed by atoms with Gasteiger partial charge in [0.2, 0.25) is 0 Å². The highest BCUT2D eigenvalue weighted by molar-refractivity contribution is 5.73. The lowest BCUT2D eigenvalue weighted by molar-refractivity contribution is 0.166. The topological polar surface area (TPSA) is 38.8 Å². The van der Waals surface area contributed by atoms with Crippen molar-refractivity contribution < 1.29 is 4.79 Å². The summed E-state index contributed by atoms with van der Waals surface area (Å²) in [6.45, 7) is 4.00. The van der Waals surface area contributed by atoms with Crippen molar-refractivity contribution in [2.45, 2.75) is 63.5 Å². The van der Waals surface area contributed by atoms with Crippen LogP contribution in [0.5, 0.6) is 0 Å². The zero-order valence-corrected chi connectivity index (χ0v) is 17.6. The first-order chi connectivity index (χ1) is 13.6. The molecule has 3 aliphatic rings. The average molecular weight is 385 g/mol. The van der Waals surface area contributed by atoms with Crippen molar-refractivity contribution in [1.82, 2.24) is 15.1 Å². The first-order valence-corrected chi connectivity index (χ1v) is 11.2. The van der Waals surface area contributed by atoms with Crippen molar-refractivity contribution >= 4 is 11.7 Å². The van der Waals surface area contributed by atoms with E-state index in [9.17, 15) is 4.79 Å². The third-order valence-corrected chi connectivity index (χ3v) is 6.74. The fourth-order valence-corrected chi connectivity index (χ4v) is 5.13. The Labute approximate surface area is 170 Å². The number of anilines is 1. The molecule has 0 bridgehead atoms. The van der Waals surface area contributed by atoms with Crippen LogP contribution in [-0.2, 0) is 12.8 Å². The maximum atomic E-state index is 12.4. The molecule has 4 rings (SSSR count). The van der Waals surface area contributed by atoms with E-state index in [1.54, 1.807) is 16.0 Å². The third-order valence-electron chi connectivity index (χ3n) is 6.74. The van der Waals surface area contributed by atoms with Gasteiger partial charge >= 0.3 is 6.03 Å². The number of benzene rings is 1. The second-order valence-electron chi connectivity index (χ2n) is 9.05. The molecule has 28 heavy (non-hydrogen) atoms. The van der Waals surface area contributed by atoms with Crippen LogP contribution in [0, 0.1) is 0 Å². The number of rotatable bonds is 3. The van der Waals surface area contributed by atoms with Crippen LogP contribution in [0.4, 0.5) is 10.5 Å². The number of nitrogens with zero attached hydrogens (tertiary/aromatic N) is 3. The quantitative estimate of drug-likeness (QED) is 0.869. The van der Waals surface area contributed by atoms with Crippen LogP contribution in [0.3, 0.4) is 0 Å². The molecule has 0 radical (unpaired) electrons. The molecule has 5 heteroatoms. The van der Waals surface area contributed by atoms with Crippen LogP contribution >= 0.6 is 0 Å². The summed E-state index contributed by atoms with van der Waals surface area (Å²) in [7, 11) is 3.70. The Morgan fingerprint density at radius 2 is 1.75 bits per heavy atom. The number of nitrogens with one attached hydrogen (secondary N) is 1. The van der Waals surface area contributed by atoms with E-state index in [-0.39, 0.29) is 6.03 Å². The Bertz CT molecular complexity index is 681. The Balaban J connectivity index is 1.29. The molecule has 1 aromatic carbocycles. The van der Waals surface area contributed by atoms with Gasteiger partial charge in [-0.25, -0.2) is 4.79 Å². The number of hydrogen-bond acceptors (Lipinski definition) is 3. The van der Waals surface area contributed by atoms with Crippen molar-refractivity contribution in [2.24, 2.45) is 0 Å². The first-order valence-electron chi connectivity index (χ1n) is 11.2. The normalized spacial score (nSPS) is 23.4. The molecule has 0 spiro atoms. The highest BCUT2D eigenvalue weighted by Gasteiger charge is 2.27. The van der Waals surface area contributed by atoms with Crippen molar-refractivity contribution in [1.29, 1.82) is 0 Å². The number of fused-ring (bicyclic) bond motifs is 1. The van der Waals surface area contributed by atoms with Crippen LogP contribution in [0.25, 0.3) is 0 Å². The van der Waals surface area contributed by atoms with Gasteiger partial charge in [-0.15, -0.1) is 0 Å². The van der Waals surface area contributed by atoms with E-state index in [1.807, 2.05) is 19.0 Å². The Morgan fingerprint density at radius 3 is 2.54 bits per heavy atom. The lowest BCUT2D eigenvalue weighted by atomic mass is 10.0. The SMILES string of the molecule is CN(C)C(=O)N1CCCC[C@H](NC2CCN(c3ccc4c(c3)CCC4)CC2)C1. The smallest absolute Gasteiger partial charge is 0.319 e. The molecule has 2 aliphatic heterocycles. The zero-order chi connectivity index (χ0) is 19.5. The van der Waals surface area contributed by atoms with E-state index in [0.29, 0.717) is 12.1 Å². The van der Waals surface area contributed by atoms with Crippen LogP contribution in [0.2, 0.25) is 0 Å². The van der Waals surface area contributed by atoms with Crippen LogP contribution in [-0.4, -0.2) is 68.2 Å². The van der Waals surface area contributed by atoms with Gasteiger partial charge in [-0.1, -0.05) is 12.5 Å². The highest BCUT2D eigenvalue weighted by atomic mass is 16.2. The van der Waals surface area contributed by atoms with Crippen LogP contribution < -0.4 is 10.2 Å². The number of carbonyl (C=O) groups is 1. The van der Waals surface area contributed by atoms with Gasteiger partial charge in [0.25, 0.3) is 0 Å². The highest BCUT2D eigenvalue weighted by Crippen LogP contribution is 2.28. The van der Waals surface area contributed by atoms with Gasteiger partial charge in [-0.3, -0.25) is 0 Å². The van der Waals surface area contributed by atoms with E-state index < -0.39 is 0 Å². The van der Waals surface area contributed by atoms with E-state index in [2.05, 4.69) is 28.4 Å². The molecule has 154 valence electrons. The number of piperidine rings is 1. The molecule has 1 aromatic rings. The summed E-state index contributed by atoms with van der Waals surface area (Å²) in [4.78, 5) is 18.7. The average Bonchev–Trinajstić information content (AvgIpc) is 3.05. The molecule has 0 unspecified atom stereocenters. The third kappa shape index (κ3) is 4.45. The lowest BCUT2D eigenvalue weighted by Crippen LogP contribution is -2.51. The van der Waals surface area contributed by atoms with Gasteiger partial charge in [0.15, 0.2) is 0 Å². The van der Waals surface area contributed by atoms with E-state index in [4.69, 9.17) is 0 Å². The lowest BCUT2D eigenvalue weighted by Gasteiger charge is -2.37. The Morgan fingerprint density at radius 1 is 0.964 bits per heavy atom. The largest absolute Gasteiger partial charge is 0.371 e. The number of carbonyl (C=O) groups excluding carboxylic acids is 1. The maximum Gasteiger partial charge on any atom is 0.319 e. The van der Waals surface area contributed by atoms with Crippen LogP contribution in [0.15, 0.2) is 18.2 Å². The Kier molecular flexibility index (Phi) is 6.10. The monoisotopic (exact) mass is 384 g/mol. The molecule has 2 fully saturated rings. The van der Waals surface area contributed by atoms with Gasteiger partial charge in [-0.05, 0) is 68.2 Å². The molecule has 0 saturated carbocycles. The summed E-state index contributed by atoms with van der Waals surface area (Å²) in [5.41, 5.74) is 4.55. The molecule has 2 heterocycles. The summed E-state index contributed by atoms with van der Waals surface area (Å²) >= 11 is 0. The number of amides is 2. The molecule has 2 saturated heterocycles. The second kappa shape index (κ2) is 8.73. The molecule has 1 N–H and O–H groups in total. The fourth-order valence-electron chi connectivity index (χ4n) is 5.13. The van der Waals surface area contributed by atoms with Gasteiger partial charge < -0.3 is 20.0 Å². The summed E-state index contributed by atoms with van der Waals surface area (Å²) in [5, 5.41) is 3.90. The molecule has 2 amide bonds. The first kappa shape index (κ1) is 19.6. The molecule has 1 aliphatic carbocycles. The fraction of sp³-hybridized carbons (Fsp3) is 0.696.